The third-order valence-electron chi connectivity index (χ3n) is 6.11. The van der Waals surface area contributed by atoms with Crippen molar-refractivity contribution in [2.45, 2.75) is 6.61 Å². The van der Waals surface area contributed by atoms with Gasteiger partial charge in [-0.25, -0.2) is 14.5 Å². The number of imide groups is 1. The fraction of sp³-hybridized carbons (Fsp3) is 0.115. The van der Waals surface area contributed by atoms with Crippen LogP contribution in [0.4, 0.5) is 5.69 Å². The van der Waals surface area contributed by atoms with E-state index in [0.29, 0.717) is 22.2 Å². The molecule has 5 rings (SSSR count). The molecule has 0 radical (unpaired) electrons. The zero-order valence-corrected chi connectivity index (χ0v) is 18.8. The van der Waals surface area contributed by atoms with E-state index in [2.05, 4.69) is 0 Å². The van der Waals surface area contributed by atoms with Crippen molar-refractivity contribution in [3.63, 3.8) is 0 Å². The highest BCUT2D eigenvalue weighted by atomic mass is 16.5. The summed E-state index contributed by atoms with van der Waals surface area (Å²) in [7, 11) is 2.84. The number of ether oxygens (including phenoxy) is 1. The molecule has 4 aromatic rings. The Labute approximate surface area is 198 Å². The van der Waals surface area contributed by atoms with Crippen molar-refractivity contribution >= 4 is 34.2 Å². The summed E-state index contributed by atoms with van der Waals surface area (Å²) < 4.78 is 7.44. The largest absolute Gasteiger partial charge is 0.456 e. The molecule has 0 atom stereocenters. The van der Waals surface area contributed by atoms with Crippen LogP contribution >= 0.6 is 0 Å². The lowest BCUT2D eigenvalue weighted by molar-refractivity contribution is 0.0462. The van der Waals surface area contributed by atoms with Gasteiger partial charge < -0.3 is 4.74 Å². The molecule has 0 N–H and O–H groups in total. The van der Waals surface area contributed by atoms with Gasteiger partial charge in [0.1, 0.15) is 6.61 Å². The van der Waals surface area contributed by atoms with E-state index in [-0.39, 0.29) is 17.9 Å². The Balaban J connectivity index is 1.38. The molecule has 0 saturated heterocycles. The molecule has 0 aliphatic carbocycles. The summed E-state index contributed by atoms with van der Waals surface area (Å²) in [5.41, 5.74) is 0.582. The molecule has 0 bridgehead atoms. The highest BCUT2D eigenvalue weighted by Crippen LogP contribution is 2.32. The highest BCUT2D eigenvalue weighted by Gasteiger charge is 2.33. The maximum atomic E-state index is 13.2. The summed E-state index contributed by atoms with van der Waals surface area (Å²) in [6.45, 7) is -0.272. The SMILES string of the molecule is Cn1c(COC(=O)c2ccc(N3C(=O)c4cccc5cccc(c45)C3=O)cc2)cc(=O)n(C)c1=O. The van der Waals surface area contributed by atoms with Gasteiger partial charge in [-0.1, -0.05) is 24.3 Å². The van der Waals surface area contributed by atoms with Gasteiger partial charge in [-0.2, -0.15) is 0 Å². The van der Waals surface area contributed by atoms with Crippen LogP contribution in [0.2, 0.25) is 0 Å². The van der Waals surface area contributed by atoms with Gasteiger partial charge in [-0.05, 0) is 41.8 Å². The monoisotopic (exact) mass is 469 g/mol. The van der Waals surface area contributed by atoms with Gasteiger partial charge >= 0.3 is 11.7 Å². The number of carbonyl (C=O) groups is 3. The molecule has 0 fully saturated rings. The number of anilines is 1. The van der Waals surface area contributed by atoms with E-state index in [0.717, 1.165) is 14.9 Å². The van der Waals surface area contributed by atoms with Crippen molar-refractivity contribution in [1.29, 1.82) is 0 Å². The maximum Gasteiger partial charge on any atom is 0.338 e. The zero-order valence-electron chi connectivity index (χ0n) is 18.8. The van der Waals surface area contributed by atoms with Gasteiger partial charge in [0.2, 0.25) is 0 Å². The Morgan fingerprint density at radius 1 is 0.800 bits per heavy atom. The van der Waals surface area contributed by atoms with Crippen LogP contribution in [0.15, 0.2) is 76.3 Å². The van der Waals surface area contributed by atoms with Crippen molar-refractivity contribution in [3.8, 4) is 0 Å². The number of aromatic nitrogens is 2. The average molecular weight is 469 g/mol. The first-order valence-electron chi connectivity index (χ1n) is 10.7. The fourth-order valence-electron chi connectivity index (χ4n) is 4.15. The van der Waals surface area contributed by atoms with E-state index in [1.54, 1.807) is 24.3 Å². The molecule has 2 amide bonds. The summed E-state index contributed by atoms with van der Waals surface area (Å²) in [5, 5.41) is 1.44. The molecule has 35 heavy (non-hydrogen) atoms. The lowest BCUT2D eigenvalue weighted by Crippen LogP contribution is -2.40. The van der Waals surface area contributed by atoms with E-state index in [1.807, 2.05) is 12.1 Å². The normalized spacial score (nSPS) is 12.8. The molecule has 0 unspecified atom stereocenters. The molecule has 9 nitrogen and oxygen atoms in total. The number of nitrogens with zero attached hydrogens (tertiary/aromatic N) is 3. The first kappa shape index (κ1) is 22.0. The smallest absolute Gasteiger partial charge is 0.338 e. The molecule has 1 aliphatic rings. The highest BCUT2D eigenvalue weighted by molar-refractivity contribution is 6.35. The number of rotatable bonds is 4. The van der Waals surface area contributed by atoms with Crippen molar-refractivity contribution in [2.24, 2.45) is 14.1 Å². The van der Waals surface area contributed by atoms with E-state index in [4.69, 9.17) is 4.74 Å². The van der Waals surface area contributed by atoms with Crippen LogP contribution in [0.5, 0.6) is 0 Å². The predicted molar refractivity (Wildman–Crippen MR) is 128 cm³/mol. The Morgan fingerprint density at radius 3 is 2.00 bits per heavy atom. The topological polar surface area (TPSA) is 108 Å². The van der Waals surface area contributed by atoms with E-state index >= 15 is 0 Å². The van der Waals surface area contributed by atoms with E-state index in [9.17, 15) is 24.0 Å². The fourth-order valence-corrected chi connectivity index (χ4v) is 4.15. The van der Waals surface area contributed by atoms with Crippen LogP contribution in [0, 0.1) is 0 Å². The summed E-state index contributed by atoms with van der Waals surface area (Å²) in [6, 6.07) is 17.7. The molecule has 2 heterocycles. The minimum absolute atomic E-state index is 0.182. The molecule has 0 spiro atoms. The molecular formula is C26H19N3O6. The van der Waals surface area contributed by atoms with Crippen LogP contribution < -0.4 is 16.1 Å². The van der Waals surface area contributed by atoms with Crippen LogP contribution in [0.3, 0.4) is 0 Å². The van der Waals surface area contributed by atoms with Crippen molar-refractivity contribution in [3.05, 3.63) is 110 Å². The van der Waals surface area contributed by atoms with Gasteiger partial charge in [0.25, 0.3) is 17.4 Å². The summed E-state index contributed by atoms with van der Waals surface area (Å²) >= 11 is 0. The Morgan fingerprint density at radius 2 is 1.40 bits per heavy atom. The van der Waals surface area contributed by atoms with Gasteiger partial charge in [0.05, 0.1) is 16.9 Å². The summed E-state index contributed by atoms with van der Waals surface area (Å²) in [4.78, 5) is 63.8. The first-order valence-corrected chi connectivity index (χ1v) is 10.7. The minimum Gasteiger partial charge on any atom is -0.456 e. The summed E-state index contributed by atoms with van der Waals surface area (Å²) in [6.07, 6.45) is 0. The second-order valence-corrected chi connectivity index (χ2v) is 8.15. The predicted octanol–water partition coefficient (Wildman–Crippen LogP) is 2.39. The molecule has 0 saturated carbocycles. The second kappa shape index (κ2) is 8.21. The number of hydrogen-bond donors (Lipinski definition) is 0. The van der Waals surface area contributed by atoms with Crippen molar-refractivity contribution in [1.82, 2.24) is 9.13 Å². The quantitative estimate of drug-likeness (QED) is 0.336. The van der Waals surface area contributed by atoms with Crippen molar-refractivity contribution in [2.75, 3.05) is 4.90 Å². The lowest BCUT2D eigenvalue weighted by atomic mass is 9.94. The number of esters is 1. The van der Waals surface area contributed by atoms with Crippen LogP contribution in [0.25, 0.3) is 10.8 Å². The summed E-state index contributed by atoms with van der Waals surface area (Å²) in [5.74, 6) is -1.57. The first-order chi connectivity index (χ1) is 16.8. The van der Waals surface area contributed by atoms with Crippen molar-refractivity contribution < 1.29 is 19.1 Å². The maximum absolute atomic E-state index is 13.2. The molecular weight excluding hydrogens is 450 g/mol. The Bertz CT molecular complexity index is 1610. The van der Waals surface area contributed by atoms with Gasteiger partial charge in [0.15, 0.2) is 0 Å². The van der Waals surface area contributed by atoms with Crippen LogP contribution in [0.1, 0.15) is 36.8 Å². The second-order valence-electron chi connectivity index (χ2n) is 8.15. The van der Waals surface area contributed by atoms with Gasteiger partial charge in [0, 0.05) is 36.7 Å². The number of hydrogen-bond acceptors (Lipinski definition) is 6. The Kier molecular flexibility index (Phi) is 5.17. The van der Waals surface area contributed by atoms with Gasteiger partial charge in [-0.3, -0.25) is 23.5 Å². The number of carbonyl (C=O) groups excluding carboxylic acids is 3. The molecule has 174 valence electrons. The minimum atomic E-state index is -0.684. The average Bonchev–Trinajstić information content (AvgIpc) is 2.87. The lowest BCUT2D eigenvalue weighted by Gasteiger charge is -2.27. The zero-order chi connectivity index (χ0) is 24.9. The number of amides is 2. The van der Waals surface area contributed by atoms with Crippen LogP contribution in [-0.4, -0.2) is 26.9 Å². The van der Waals surface area contributed by atoms with E-state index in [1.165, 1.54) is 49.0 Å². The Hall–Kier alpha value is -4.79. The van der Waals surface area contributed by atoms with Crippen LogP contribution in [-0.2, 0) is 25.4 Å². The third-order valence-corrected chi connectivity index (χ3v) is 6.11. The molecule has 1 aliphatic heterocycles. The standard InChI is InChI=1S/C26H19N3O6/c1-27-18(13-21(30)28(2)26(27)34)14-35-25(33)16-9-11-17(12-10-16)29-23(31)19-7-3-5-15-6-4-8-20(22(15)19)24(29)32/h3-13H,14H2,1-2H3. The van der Waals surface area contributed by atoms with E-state index < -0.39 is 29.0 Å². The van der Waals surface area contributed by atoms with Gasteiger partial charge in [-0.15, -0.1) is 0 Å². The molecule has 1 aromatic heterocycles. The molecule has 3 aromatic carbocycles. The third kappa shape index (κ3) is 3.54. The number of benzene rings is 3. The molecule has 9 heteroatoms.